The maximum absolute atomic E-state index is 12.6. The van der Waals surface area contributed by atoms with E-state index in [-0.39, 0.29) is 16.7 Å². The van der Waals surface area contributed by atoms with Crippen molar-refractivity contribution < 1.29 is 19.0 Å². The molecule has 1 unspecified atom stereocenters. The zero-order valence-electron chi connectivity index (χ0n) is 16.8. The smallest absolute Gasteiger partial charge is 0.233 e. The average Bonchev–Trinajstić information content (AvgIpc) is 2.92. The van der Waals surface area contributed by atoms with Gasteiger partial charge in [-0.15, -0.1) is 11.8 Å². The first-order valence-electron chi connectivity index (χ1n) is 8.58. The molecule has 0 aromatic heterocycles. The Labute approximate surface area is 160 Å². The SMILES string of the molecule is COc1cc(C2SCC(=O)N2CC(C)(C)CN(C)C)cc(OC)c1OC. The fraction of sp³-hybridized carbons (Fsp3) is 0.632. The van der Waals surface area contributed by atoms with Crippen LogP contribution in [0.4, 0.5) is 0 Å². The molecule has 146 valence electrons. The van der Waals surface area contributed by atoms with Crippen LogP contribution in [-0.2, 0) is 4.79 Å². The molecule has 26 heavy (non-hydrogen) atoms. The highest BCUT2D eigenvalue weighted by molar-refractivity contribution is 8.00. The highest BCUT2D eigenvalue weighted by Gasteiger charge is 2.37. The number of hydrogen-bond acceptors (Lipinski definition) is 6. The largest absolute Gasteiger partial charge is 0.493 e. The summed E-state index contributed by atoms with van der Waals surface area (Å²) >= 11 is 1.63. The van der Waals surface area contributed by atoms with Crippen LogP contribution in [0.15, 0.2) is 12.1 Å². The molecule has 1 aliphatic heterocycles. The summed E-state index contributed by atoms with van der Waals surface area (Å²) in [5.41, 5.74) is 0.971. The third-order valence-electron chi connectivity index (χ3n) is 4.28. The summed E-state index contributed by atoms with van der Waals surface area (Å²) in [4.78, 5) is 16.7. The van der Waals surface area contributed by atoms with Crippen molar-refractivity contribution in [2.75, 3.05) is 54.3 Å². The molecular formula is C19H30N2O4S. The molecule has 6 nitrogen and oxygen atoms in total. The molecule has 0 saturated carbocycles. The molecule has 0 bridgehead atoms. The standard InChI is InChI=1S/C19H30N2O4S/c1-19(2,11-20(3)4)12-21-16(22)10-26-18(21)13-8-14(23-5)17(25-7)15(9-13)24-6/h8-9,18H,10-12H2,1-7H3. The monoisotopic (exact) mass is 382 g/mol. The van der Waals surface area contributed by atoms with Crippen molar-refractivity contribution in [2.45, 2.75) is 19.2 Å². The van der Waals surface area contributed by atoms with Gasteiger partial charge in [-0.3, -0.25) is 4.79 Å². The van der Waals surface area contributed by atoms with Gasteiger partial charge in [-0.25, -0.2) is 0 Å². The minimum absolute atomic E-state index is 0.0110. The Hall–Kier alpha value is -1.60. The van der Waals surface area contributed by atoms with Crippen molar-refractivity contribution in [1.82, 2.24) is 9.80 Å². The third kappa shape index (κ3) is 4.57. The van der Waals surface area contributed by atoms with E-state index in [0.717, 1.165) is 12.1 Å². The molecule has 0 aliphatic carbocycles. The summed E-state index contributed by atoms with van der Waals surface area (Å²) in [6.07, 6.45) is 0. The summed E-state index contributed by atoms with van der Waals surface area (Å²) in [7, 11) is 8.90. The van der Waals surface area contributed by atoms with Crippen LogP contribution in [0, 0.1) is 5.41 Å². The van der Waals surface area contributed by atoms with Crippen LogP contribution in [0.25, 0.3) is 0 Å². The number of nitrogens with zero attached hydrogens (tertiary/aromatic N) is 2. The number of hydrogen-bond donors (Lipinski definition) is 0. The van der Waals surface area contributed by atoms with E-state index < -0.39 is 0 Å². The van der Waals surface area contributed by atoms with Gasteiger partial charge in [-0.2, -0.15) is 0 Å². The van der Waals surface area contributed by atoms with Gasteiger partial charge in [0, 0.05) is 13.1 Å². The van der Waals surface area contributed by atoms with Gasteiger partial charge in [0.25, 0.3) is 0 Å². The summed E-state index contributed by atoms with van der Waals surface area (Å²) in [6.45, 7) is 5.98. The normalized spacial score (nSPS) is 17.8. The Bertz CT molecular complexity index is 623. The summed E-state index contributed by atoms with van der Waals surface area (Å²) in [6, 6.07) is 3.87. The molecule has 1 atom stereocenters. The predicted octanol–water partition coefficient (Wildman–Crippen LogP) is 2.87. The van der Waals surface area contributed by atoms with E-state index in [0.29, 0.717) is 29.5 Å². The van der Waals surface area contributed by atoms with Crippen LogP contribution in [0.1, 0.15) is 24.8 Å². The summed E-state index contributed by atoms with van der Waals surface area (Å²) in [5.74, 6) is 2.43. The molecule has 7 heteroatoms. The van der Waals surface area contributed by atoms with Gasteiger partial charge in [0.1, 0.15) is 5.37 Å². The second-order valence-corrected chi connectivity index (χ2v) is 8.61. The van der Waals surface area contributed by atoms with Gasteiger partial charge in [-0.05, 0) is 37.2 Å². The number of benzene rings is 1. The minimum Gasteiger partial charge on any atom is -0.493 e. The van der Waals surface area contributed by atoms with Gasteiger partial charge in [0.15, 0.2) is 11.5 Å². The Balaban J connectivity index is 2.35. The van der Waals surface area contributed by atoms with Crippen LogP contribution >= 0.6 is 11.8 Å². The lowest BCUT2D eigenvalue weighted by Gasteiger charge is -2.35. The molecule has 2 rings (SSSR count). The van der Waals surface area contributed by atoms with Crippen LogP contribution in [-0.4, -0.2) is 70.0 Å². The number of carbonyl (C=O) groups is 1. The number of methoxy groups -OCH3 is 3. The van der Waals surface area contributed by atoms with Gasteiger partial charge < -0.3 is 24.0 Å². The number of amides is 1. The van der Waals surface area contributed by atoms with E-state index in [1.54, 1.807) is 33.1 Å². The van der Waals surface area contributed by atoms with E-state index in [1.807, 2.05) is 17.0 Å². The van der Waals surface area contributed by atoms with Crippen molar-refractivity contribution in [3.63, 3.8) is 0 Å². The maximum atomic E-state index is 12.6. The van der Waals surface area contributed by atoms with Crippen molar-refractivity contribution >= 4 is 17.7 Å². The zero-order valence-corrected chi connectivity index (χ0v) is 17.6. The third-order valence-corrected chi connectivity index (χ3v) is 5.54. The van der Waals surface area contributed by atoms with Crippen molar-refractivity contribution in [1.29, 1.82) is 0 Å². The fourth-order valence-electron chi connectivity index (χ4n) is 3.51. The lowest BCUT2D eigenvalue weighted by Crippen LogP contribution is -2.41. The first-order chi connectivity index (χ1) is 12.2. The van der Waals surface area contributed by atoms with Crippen LogP contribution in [0.3, 0.4) is 0 Å². The molecule has 1 aromatic carbocycles. The molecule has 0 spiro atoms. The maximum Gasteiger partial charge on any atom is 0.233 e. The number of ether oxygens (including phenoxy) is 3. The zero-order chi connectivity index (χ0) is 19.5. The summed E-state index contributed by atoms with van der Waals surface area (Å²) in [5, 5.41) is -0.0577. The molecule has 0 radical (unpaired) electrons. The summed E-state index contributed by atoms with van der Waals surface area (Å²) < 4.78 is 16.3. The van der Waals surface area contributed by atoms with E-state index in [9.17, 15) is 4.79 Å². The minimum atomic E-state index is -0.0577. The fourth-order valence-corrected chi connectivity index (χ4v) is 4.68. The number of rotatable bonds is 8. The molecule has 1 aliphatic rings. The second-order valence-electron chi connectivity index (χ2n) is 7.55. The molecule has 1 saturated heterocycles. The van der Waals surface area contributed by atoms with Gasteiger partial charge in [0.2, 0.25) is 11.7 Å². The van der Waals surface area contributed by atoms with Crippen LogP contribution < -0.4 is 14.2 Å². The van der Waals surface area contributed by atoms with Crippen molar-refractivity contribution in [3.8, 4) is 17.2 Å². The lowest BCUT2D eigenvalue weighted by atomic mass is 9.92. The van der Waals surface area contributed by atoms with E-state index in [4.69, 9.17) is 14.2 Å². The van der Waals surface area contributed by atoms with Gasteiger partial charge in [0.05, 0.1) is 27.1 Å². The van der Waals surface area contributed by atoms with Gasteiger partial charge >= 0.3 is 0 Å². The Kier molecular flexibility index (Phi) is 6.69. The molecule has 0 N–H and O–H groups in total. The van der Waals surface area contributed by atoms with Crippen molar-refractivity contribution in [3.05, 3.63) is 17.7 Å². The quantitative estimate of drug-likeness (QED) is 0.689. The first kappa shape index (κ1) is 20.7. The van der Waals surface area contributed by atoms with Gasteiger partial charge in [-0.1, -0.05) is 13.8 Å². The van der Waals surface area contributed by atoms with E-state index in [2.05, 4.69) is 32.8 Å². The topological polar surface area (TPSA) is 51.2 Å². The molecule has 1 aromatic rings. The van der Waals surface area contributed by atoms with Crippen LogP contribution in [0.5, 0.6) is 17.2 Å². The lowest BCUT2D eigenvalue weighted by molar-refractivity contribution is -0.129. The van der Waals surface area contributed by atoms with E-state index >= 15 is 0 Å². The molecular weight excluding hydrogens is 352 g/mol. The Morgan fingerprint density at radius 3 is 2.19 bits per heavy atom. The molecule has 1 amide bonds. The van der Waals surface area contributed by atoms with E-state index in [1.165, 1.54) is 0 Å². The number of carbonyl (C=O) groups excluding carboxylic acids is 1. The molecule has 1 heterocycles. The predicted molar refractivity (Wildman–Crippen MR) is 105 cm³/mol. The molecule has 1 fully saturated rings. The highest BCUT2D eigenvalue weighted by Crippen LogP contribution is 2.46. The first-order valence-corrected chi connectivity index (χ1v) is 9.63. The highest BCUT2D eigenvalue weighted by atomic mass is 32.2. The Morgan fingerprint density at radius 1 is 1.15 bits per heavy atom. The van der Waals surface area contributed by atoms with Crippen LogP contribution in [0.2, 0.25) is 0 Å². The average molecular weight is 383 g/mol. The number of thioether (sulfide) groups is 1. The Morgan fingerprint density at radius 2 is 1.73 bits per heavy atom. The van der Waals surface area contributed by atoms with Crippen molar-refractivity contribution in [2.24, 2.45) is 5.41 Å². The second kappa shape index (κ2) is 8.39.